The Labute approximate surface area is 161 Å². The van der Waals surface area contributed by atoms with Crippen molar-refractivity contribution in [3.8, 4) is 5.75 Å². The Morgan fingerprint density at radius 2 is 1.81 bits per heavy atom. The topological polar surface area (TPSA) is 36.0 Å². The summed E-state index contributed by atoms with van der Waals surface area (Å²) in [6.45, 7) is 4.99. The van der Waals surface area contributed by atoms with E-state index in [4.69, 9.17) is 4.74 Å². The standard InChI is InChI=1S/C22H27N3O2/c1-27-20-9-4-8-19(16-20)24-14-12-23(13-15-24)17-22(26)25-11-5-7-18-6-2-3-10-21(18)25/h2-4,6,8-10,16H,5,7,11-15,17H2,1H3. The van der Waals surface area contributed by atoms with Gasteiger partial charge in [0.2, 0.25) is 5.91 Å². The van der Waals surface area contributed by atoms with Crippen molar-refractivity contribution in [2.75, 3.05) is 56.2 Å². The van der Waals surface area contributed by atoms with Crippen LogP contribution < -0.4 is 14.5 Å². The number of hydrogen-bond donors (Lipinski definition) is 0. The first-order valence-corrected chi connectivity index (χ1v) is 9.74. The zero-order chi connectivity index (χ0) is 18.6. The minimum Gasteiger partial charge on any atom is -0.497 e. The lowest BCUT2D eigenvalue weighted by Gasteiger charge is -2.37. The molecule has 1 saturated heterocycles. The molecule has 27 heavy (non-hydrogen) atoms. The van der Waals surface area contributed by atoms with Crippen molar-refractivity contribution >= 4 is 17.3 Å². The van der Waals surface area contributed by atoms with Crippen molar-refractivity contribution in [1.29, 1.82) is 0 Å². The van der Waals surface area contributed by atoms with Crippen LogP contribution >= 0.6 is 0 Å². The summed E-state index contributed by atoms with van der Waals surface area (Å²) in [5.74, 6) is 1.10. The van der Waals surface area contributed by atoms with E-state index in [2.05, 4.69) is 40.1 Å². The number of fused-ring (bicyclic) bond motifs is 1. The average Bonchev–Trinajstić information content (AvgIpc) is 2.74. The molecule has 0 aliphatic carbocycles. The number of hydrogen-bond acceptors (Lipinski definition) is 4. The van der Waals surface area contributed by atoms with Gasteiger partial charge in [-0.2, -0.15) is 0 Å². The third-order valence-electron chi connectivity index (χ3n) is 5.56. The summed E-state index contributed by atoms with van der Waals surface area (Å²) in [6.07, 6.45) is 2.12. The van der Waals surface area contributed by atoms with E-state index in [0.717, 1.165) is 57.0 Å². The molecule has 0 atom stereocenters. The van der Waals surface area contributed by atoms with Crippen LogP contribution in [0.2, 0.25) is 0 Å². The fourth-order valence-corrected chi connectivity index (χ4v) is 4.04. The van der Waals surface area contributed by atoms with Gasteiger partial charge in [-0.05, 0) is 36.6 Å². The predicted molar refractivity (Wildman–Crippen MR) is 109 cm³/mol. The van der Waals surface area contributed by atoms with E-state index < -0.39 is 0 Å². The highest BCUT2D eigenvalue weighted by Crippen LogP contribution is 2.27. The highest BCUT2D eigenvalue weighted by Gasteiger charge is 2.25. The summed E-state index contributed by atoms with van der Waals surface area (Å²) in [4.78, 5) is 19.5. The van der Waals surface area contributed by atoms with Crippen LogP contribution in [0.25, 0.3) is 0 Å². The molecular formula is C22H27N3O2. The number of anilines is 2. The number of amides is 1. The van der Waals surface area contributed by atoms with E-state index in [9.17, 15) is 4.79 Å². The fraction of sp³-hybridized carbons (Fsp3) is 0.409. The molecule has 5 heteroatoms. The zero-order valence-electron chi connectivity index (χ0n) is 15.9. The van der Waals surface area contributed by atoms with Crippen molar-refractivity contribution in [3.05, 3.63) is 54.1 Å². The third-order valence-corrected chi connectivity index (χ3v) is 5.56. The van der Waals surface area contributed by atoms with Crippen LogP contribution in [0.15, 0.2) is 48.5 Å². The van der Waals surface area contributed by atoms with E-state index in [1.54, 1.807) is 7.11 Å². The van der Waals surface area contributed by atoms with Crippen LogP contribution in [0.3, 0.4) is 0 Å². The quantitative estimate of drug-likeness (QED) is 0.835. The minimum atomic E-state index is 0.219. The molecule has 0 spiro atoms. The summed E-state index contributed by atoms with van der Waals surface area (Å²) in [6, 6.07) is 16.5. The molecule has 2 aliphatic rings. The summed E-state index contributed by atoms with van der Waals surface area (Å²) in [5.41, 5.74) is 3.58. The zero-order valence-corrected chi connectivity index (χ0v) is 15.9. The molecule has 2 aromatic carbocycles. The first-order valence-electron chi connectivity index (χ1n) is 9.74. The Bertz CT molecular complexity index is 800. The lowest BCUT2D eigenvalue weighted by Crippen LogP contribution is -2.50. The molecule has 0 radical (unpaired) electrons. The van der Waals surface area contributed by atoms with Crippen LogP contribution in [-0.2, 0) is 11.2 Å². The number of para-hydroxylation sites is 1. The van der Waals surface area contributed by atoms with Crippen molar-refractivity contribution < 1.29 is 9.53 Å². The summed E-state index contributed by atoms with van der Waals surface area (Å²) in [7, 11) is 1.70. The molecule has 0 saturated carbocycles. The number of carbonyl (C=O) groups is 1. The van der Waals surface area contributed by atoms with Gasteiger partial charge in [-0.3, -0.25) is 9.69 Å². The van der Waals surface area contributed by atoms with Gasteiger partial charge in [0.05, 0.1) is 13.7 Å². The Morgan fingerprint density at radius 1 is 1.00 bits per heavy atom. The molecular weight excluding hydrogens is 338 g/mol. The molecule has 2 aliphatic heterocycles. The van der Waals surface area contributed by atoms with Gasteiger partial charge in [-0.25, -0.2) is 0 Å². The maximum atomic E-state index is 12.9. The molecule has 142 valence electrons. The molecule has 0 N–H and O–H groups in total. The van der Waals surface area contributed by atoms with Gasteiger partial charge in [-0.1, -0.05) is 24.3 Å². The average molecular weight is 365 g/mol. The van der Waals surface area contributed by atoms with Crippen LogP contribution in [0, 0.1) is 0 Å². The first-order chi connectivity index (χ1) is 13.2. The highest BCUT2D eigenvalue weighted by molar-refractivity contribution is 5.96. The Balaban J connectivity index is 1.35. The van der Waals surface area contributed by atoms with Crippen molar-refractivity contribution in [2.45, 2.75) is 12.8 Å². The van der Waals surface area contributed by atoms with E-state index in [1.165, 1.54) is 11.3 Å². The highest BCUT2D eigenvalue weighted by atomic mass is 16.5. The largest absolute Gasteiger partial charge is 0.497 e. The summed E-state index contributed by atoms with van der Waals surface area (Å²) >= 11 is 0. The van der Waals surface area contributed by atoms with E-state index >= 15 is 0 Å². The molecule has 4 rings (SSSR count). The van der Waals surface area contributed by atoms with Gasteiger partial charge in [0.25, 0.3) is 0 Å². The van der Waals surface area contributed by atoms with E-state index in [0.29, 0.717) is 6.54 Å². The normalized spacial score (nSPS) is 17.5. The maximum Gasteiger partial charge on any atom is 0.241 e. The molecule has 2 aromatic rings. The number of piperazine rings is 1. The molecule has 2 heterocycles. The number of methoxy groups -OCH3 is 1. The van der Waals surface area contributed by atoms with Crippen LogP contribution in [-0.4, -0.2) is 57.2 Å². The van der Waals surface area contributed by atoms with Crippen molar-refractivity contribution in [2.24, 2.45) is 0 Å². The van der Waals surface area contributed by atoms with Gasteiger partial charge >= 0.3 is 0 Å². The van der Waals surface area contributed by atoms with Gasteiger partial charge in [0.15, 0.2) is 0 Å². The molecule has 1 fully saturated rings. The van der Waals surface area contributed by atoms with Crippen LogP contribution in [0.1, 0.15) is 12.0 Å². The molecule has 1 amide bonds. The number of carbonyl (C=O) groups excluding carboxylic acids is 1. The van der Waals surface area contributed by atoms with Crippen LogP contribution in [0.4, 0.5) is 11.4 Å². The number of nitrogens with zero attached hydrogens (tertiary/aromatic N) is 3. The predicted octanol–water partition coefficient (Wildman–Crippen LogP) is 2.80. The summed E-state index contributed by atoms with van der Waals surface area (Å²) < 4.78 is 5.33. The Hall–Kier alpha value is -2.53. The number of aryl methyl sites for hydroxylation is 1. The second kappa shape index (κ2) is 8.01. The minimum absolute atomic E-state index is 0.219. The third kappa shape index (κ3) is 3.93. The second-order valence-corrected chi connectivity index (χ2v) is 7.24. The Morgan fingerprint density at radius 3 is 2.63 bits per heavy atom. The number of benzene rings is 2. The molecule has 0 aromatic heterocycles. The van der Waals surface area contributed by atoms with Gasteiger partial charge in [-0.15, -0.1) is 0 Å². The molecule has 0 bridgehead atoms. The van der Waals surface area contributed by atoms with Crippen molar-refractivity contribution in [1.82, 2.24) is 4.90 Å². The second-order valence-electron chi connectivity index (χ2n) is 7.24. The lowest BCUT2D eigenvalue weighted by molar-refractivity contribution is -0.119. The van der Waals surface area contributed by atoms with Gasteiger partial charge in [0, 0.05) is 50.2 Å². The molecule has 0 unspecified atom stereocenters. The van der Waals surface area contributed by atoms with Gasteiger partial charge in [0.1, 0.15) is 5.75 Å². The fourth-order valence-electron chi connectivity index (χ4n) is 4.04. The van der Waals surface area contributed by atoms with Gasteiger partial charge < -0.3 is 14.5 Å². The number of rotatable bonds is 4. The van der Waals surface area contributed by atoms with Crippen LogP contribution in [0.5, 0.6) is 5.75 Å². The smallest absolute Gasteiger partial charge is 0.241 e. The lowest BCUT2D eigenvalue weighted by atomic mass is 10.0. The maximum absolute atomic E-state index is 12.9. The SMILES string of the molecule is COc1cccc(N2CCN(CC(=O)N3CCCc4ccccc43)CC2)c1. The first kappa shape index (κ1) is 17.9. The van der Waals surface area contributed by atoms with Crippen molar-refractivity contribution in [3.63, 3.8) is 0 Å². The number of ether oxygens (including phenoxy) is 1. The Kier molecular flexibility index (Phi) is 5.30. The summed E-state index contributed by atoms with van der Waals surface area (Å²) in [5, 5.41) is 0. The molecule has 5 nitrogen and oxygen atoms in total. The van der Waals surface area contributed by atoms with E-state index in [1.807, 2.05) is 23.1 Å². The van der Waals surface area contributed by atoms with E-state index in [-0.39, 0.29) is 5.91 Å². The monoisotopic (exact) mass is 365 g/mol.